The van der Waals surface area contributed by atoms with Crippen molar-refractivity contribution >= 4 is 29.7 Å². The molecule has 1 aromatic rings. The van der Waals surface area contributed by atoms with Gasteiger partial charge in [0.2, 0.25) is 5.91 Å². The van der Waals surface area contributed by atoms with E-state index >= 15 is 0 Å². The second-order valence-corrected chi connectivity index (χ2v) is 6.59. The molecular weight excluding hydrogens is 344 g/mol. The Morgan fingerprint density at radius 1 is 1.24 bits per heavy atom. The van der Waals surface area contributed by atoms with Crippen LogP contribution in [0.3, 0.4) is 0 Å². The molecule has 2 aliphatic rings. The maximum atomic E-state index is 12.4. The fraction of sp³-hybridized carbons (Fsp3) is 0.588. The standard InChI is InChI=1S/C17H24N4O3.ClH/c22-17(20-9-6-13-11-18-12-14(13)7-10-20)5-8-19-15-3-1-2-4-16(15)21(23)24;/h1-4,13-14,18-19H,5-12H2;1H/t13-,14+;. The minimum Gasteiger partial charge on any atom is -0.379 e. The van der Waals surface area contributed by atoms with Gasteiger partial charge in [0.15, 0.2) is 0 Å². The SMILES string of the molecule is Cl.O=C(CCNc1ccccc1[N+](=O)[O-])N1CC[C@@H]2CNC[C@@H]2CC1. The molecule has 1 amide bonds. The molecule has 7 nitrogen and oxygen atoms in total. The van der Waals surface area contributed by atoms with Crippen LogP contribution in [0, 0.1) is 22.0 Å². The number of anilines is 1. The van der Waals surface area contributed by atoms with Crippen molar-refractivity contribution in [3.63, 3.8) is 0 Å². The summed E-state index contributed by atoms with van der Waals surface area (Å²) in [7, 11) is 0. The van der Waals surface area contributed by atoms with Crippen LogP contribution in [-0.2, 0) is 4.79 Å². The third-order valence-electron chi connectivity index (χ3n) is 5.13. The van der Waals surface area contributed by atoms with Crippen molar-refractivity contribution in [2.75, 3.05) is 38.0 Å². The molecule has 2 atom stereocenters. The first kappa shape index (κ1) is 19.5. The fourth-order valence-electron chi connectivity index (χ4n) is 3.71. The lowest BCUT2D eigenvalue weighted by Crippen LogP contribution is -2.33. The van der Waals surface area contributed by atoms with Gasteiger partial charge in [-0.05, 0) is 43.8 Å². The van der Waals surface area contributed by atoms with Crippen molar-refractivity contribution in [1.82, 2.24) is 10.2 Å². The summed E-state index contributed by atoms with van der Waals surface area (Å²) in [6, 6.07) is 6.52. The summed E-state index contributed by atoms with van der Waals surface area (Å²) in [5, 5.41) is 17.4. The normalized spacial score (nSPS) is 22.5. The van der Waals surface area contributed by atoms with Gasteiger partial charge in [-0.25, -0.2) is 0 Å². The number of carbonyl (C=O) groups excluding carboxylic acids is 1. The maximum Gasteiger partial charge on any atom is 0.292 e. The van der Waals surface area contributed by atoms with Crippen molar-refractivity contribution in [1.29, 1.82) is 0 Å². The highest BCUT2D eigenvalue weighted by molar-refractivity contribution is 5.85. The van der Waals surface area contributed by atoms with Crippen molar-refractivity contribution in [2.45, 2.75) is 19.3 Å². The minimum atomic E-state index is -0.411. The number of nitro groups is 1. The van der Waals surface area contributed by atoms with Crippen molar-refractivity contribution < 1.29 is 9.72 Å². The summed E-state index contributed by atoms with van der Waals surface area (Å²) >= 11 is 0. The van der Waals surface area contributed by atoms with Gasteiger partial charge in [0.25, 0.3) is 5.69 Å². The lowest BCUT2D eigenvalue weighted by atomic mass is 9.92. The van der Waals surface area contributed by atoms with Gasteiger partial charge in [-0.2, -0.15) is 0 Å². The van der Waals surface area contributed by atoms with Gasteiger partial charge >= 0.3 is 0 Å². The zero-order valence-electron chi connectivity index (χ0n) is 14.1. The van der Waals surface area contributed by atoms with E-state index in [1.54, 1.807) is 18.2 Å². The predicted molar refractivity (Wildman–Crippen MR) is 99.1 cm³/mol. The molecule has 25 heavy (non-hydrogen) atoms. The van der Waals surface area contributed by atoms with E-state index in [1.165, 1.54) is 6.07 Å². The topological polar surface area (TPSA) is 87.5 Å². The first-order chi connectivity index (χ1) is 11.6. The van der Waals surface area contributed by atoms with E-state index < -0.39 is 4.92 Å². The molecule has 2 fully saturated rings. The molecule has 0 bridgehead atoms. The number of amides is 1. The number of likely N-dealkylation sites (tertiary alicyclic amines) is 1. The third-order valence-corrected chi connectivity index (χ3v) is 5.13. The Morgan fingerprint density at radius 3 is 2.52 bits per heavy atom. The molecule has 2 saturated heterocycles. The highest BCUT2D eigenvalue weighted by atomic mass is 35.5. The smallest absolute Gasteiger partial charge is 0.292 e. The number of benzene rings is 1. The van der Waals surface area contributed by atoms with Gasteiger partial charge < -0.3 is 15.5 Å². The van der Waals surface area contributed by atoms with Crippen LogP contribution >= 0.6 is 12.4 Å². The summed E-state index contributed by atoms with van der Waals surface area (Å²) in [6.07, 6.45) is 2.50. The lowest BCUT2D eigenvalue weighted by molar-refractivity contribution is -0.384. The number of hydrogen-bond donors (Lipinski definition) is 2. The Bertz CT molecular complexity index is 599. The summed E-state index contributed by atoms with van der Waals surface area (Å²) < 4.78 is 0. The van der Waals surface area contributed by atoms with E-state index in [-0.39, 0.29) is 24.0 Å². The number of fused-ring (bicyclic) bond motifs is 1. The Labute approximate surface area is 153 Å². The first-order valence-electron chi connectivity index (χ1n) is 8.61. The second-order valence-electron chi connectivity index (χ2n) is 6.59. The van der Waals surface area contributed by atoms with Gasteiger partial charge in [0, 0.05) is 32.1 Å². The van der Waals surface area contributed by atoms with E-state index in [9.17, 15) is 14.9 Å². The van der Waals surface area contributed by atoms with Crippen LogP contribution in [0.4, 0.5) is 11.4 Å². The van der Waals surface area contributed by atoms with Gasteiger partial charge in [-0.1, -0.05) is 12.1 Å². The molecule has 3 rings (SSSR count). The number of nitrogens with one attached hydrogen (secondary N) is 2. The summed E-state index contributed by atoms with van der Waals surface area (Å²) in [4.78, 5) is 24.9. The molecule has 138 valence electrons. The van der Waals surface area contributed by atoms with Crippen molar-refractivity contribution in [2.24, 2.45) is 11.8 Å². The van der Waals surface area contributed by atoms with Crippen LogP contribution in [-0.4, -0.2) is 48.5 Å². The number of para-hydroxylation sites is 2. The molecule has 0 saturated carbocycles. The monoisotopic (exact) mass is 368 g/mol. The number of nitrogens with zero attached hydrogens (tertiary/aromatic N) is 2. The number of hydrogen-bond acceptors (Lipinski definition) is 5. The van der Waals surface area contributed by atoms with E-state index in [0.717, 1.165) is 39.0 Å². The van der Waals surface area contributed by atoms with E-state index in [0.29, 0.717) is 30.5 Å². The Kier molecular flexibility index (Phi) is 7.01. The first-order valence-corrected chi connectivity index (χ1v) is 8.61. The average Bonchev–Trinajstić information content (AvgIpc) is 2.93. The van der Waals surface area contributed by atoms with Crippen molar-refractivity contribution in [3.05, 3.63) is 34.4 Å². The molecule has 2 aliphatic heterocycles. The highest BCUT2D eigenvalue weighted by Crippen LogP contribution is 2.27. The Balaban J connectivity index is 0.00000225. The molecule has 0 radical (unpaired) electrons. The largest absolute Gasteiger partial charge is 0.379 e. The molecule has 0 spiro atoms. The molecule has 0 aromatic heterocycles. The zero-order chi connectivity index (χ0) is 16.9. The number of carbonyl (C=O) groups is 1. The summed E-state index contributed by atoms with van der Waals surface area (Å²) in [5.74, 6) is 1.54. The molecular formula is C17H25ClN4O3. The predicted octanol–water partition coefficient (Wildman–Crippen LogP) is 2.28. The molecule has 2 heterocycles. The summed E-state index contributed by atoms with van der Waals surface area (Å²) in [5.41, 5.74) is 0.506. The van der Waals surface area contributed by atoms with Crippen LogP contribution < -0.4 is 10.6 Å². The highest BCUT2D eigenvalue weighted by Gasteiger charge is 2.31. The van der Waals surface area contributed by atoms with Gasteiger partial charge in [0.1, 0.15) is 5.69 Å². The average molecular weight is 369 g/mol. The van der Waals surface area contributed by atoms with Gasteiger partial charge in [-0.3, -0.25) is 14.9 Å². The summed E-state index contributed by atoms with van der Waals surface area (Å²) in [6.45, 7) is 4.22. The lowest BCUT2D eigenvalue weighted by Gasteiger charge is -2.21. The van der Waals surface area contributed by atoms with Crippen LogP contribution in [0.1, 0.15) is 19.3 Å². The number of halogens is 1. The fourth-order valence-corrected chi connectivity index (χ4v) is 3.71. The van der Waals surface area contributed by atoms with E-state index in [4.69, 9.17) is 0 Å². The van der Waals surface area contributed by atoms with Crippen LogP contribution in [0.2, 0.25) is 0 Å². The number of nitro benzene ring substituents is 1. The zero-order valence-corrected chi connectivity index (χ0v) is 15.0. The molecule has 8 heteroatoms. The van der Waals surface area contributed by atoms with E-state index in [2.05, 4.69) is 10.6 Å². The maximum absolute atomic E-state index is 12.4. The molecule has 0 aliphatic carbocycles. The van der Waals surface area contributed by atoms with E-state index in [1.807, 2.05) is 4.90 Å². The Hall–Kier alpha value is -1.86. The third kappa shape index (κ3) is 4.83. The second kappa shape index (κ2) is 9.01. The van der Waals surface area contributed by atoms with Gasteiger partial charge in [-0.15, -0.1) is 12.4 Å². The van der Waals surface area contributed by atoms with Crippen LogP contribution in [0.5, 0.6) is 0 Å². The quantitative estimate of drug-likeness (QED) is 0.615. The Morgan fingerprint density at radius 2 is 1.88 bits per heavy atom. The number of rotatable bonds is 5. The van der Waals surface area contributed by atoms with Crippen molar-refractivity contribution in [3.8, 4) is 0 Å². The molecule has 1 aromatic carbocycles. The molecule has 2 N–H and O–H groups in total. The van der Waals surface area contributed by atoms with Crippen LogP contribution in [0.25, 0.3) is 0 Å². The molecule has 0 unspecified atom stereocenters. The van der Waals surface area contributed by atoms with Gasteiger partial charge in [0.05, 0.1) is 4.92 Å². The minimum absolute atomic E-state index is 0. The van der Waals surface area contributed by atoms with Crippen LogP contribution in [0.15, 0.2) is 24.3 Å².